The number of amides is 1. The minimum atomic E-state index is -0.564. The molecule has 5 nitrogen and oxygen atoms in total. The number of hydrogen-bond acceptors (Lipinski definition) is 3. The van der Waals surface area contributed by atoms with Crippen molar-refractivity contribution in [2.75, 3.05) is 25.0 Å². The van der Waals surface area contributed by atoms with Crippen LogP contribution in [0.15, 0.2) is 42.6 Å². The highest BCUT2D eigenvalue weighted by Crippen LogP contribution is 2.12. The summed E-state index contributed by atoms with van der Waals surface area (Å²) < 4.78 is 4.74. The molecule has 0 unspecified atom stereocenters. The Bertz CT molecular complexity index is 428. The number of nitrogens with one attached hydrogen (secondary N) is 1. The van der Waals surface area contributed by atoms with E-state index in [4.69, 9.17) is 4.74 Å². The van der Waals surface area contributed by atoms with E-state index in [1.807, 2.05) is 32.0 Å². The molecule has 0 spiro atoms. The van der Waals surface area contributed by atoms with Gasteiger partial charge in [0.25, 0.3) is 0 Å². The zero-order valence-electron chi connectivity index (χ0n) is 11.4. The van der Waals surface area contributed by atoms with Gasteiger partial charge in [-0.25, -0.2) is 10.0 Å². The van der Waals surface area contributed by atoms with Gasteiger partial charge in [0.1, 0.15) is 13.1 Å². The van der Waals surface area contributed by atoms with Crippen LogP contribution in [0.5, 0.6) is 0 Å². The summed E-state index contributed by atoms with van der Waals surface area (Å²) in [5, 5.41) is 12.7. The molecule has 1 rings (SSSR count). The van der Waals surface area contributed by atoms with E-state index in [1.54, 1.807) is 12.1 Å². The summed E-state index contributed by atoms with van der Waals surface area (Å²) >= 11 is 0. The molecule has 0 saturated carbocycles. The van der Waals surface area contributed by atoms with E-state index in [2.05, 4.69) is 11.9 Å². The lowest BCUT2D eigenvalue weighted by molar-refractivity contribution is -1.07. The molecule has 1 aromatic carbocycles. The van der Waals surface area contributed by atoms with Gasteiger partial charge in [-0.1, -0.05) is 18.2 Å². The van der Waals surface area contributed by atoms with Crippen molar-refractivity contribution in [2.24, 2.45) is 0 Å². The van der Waals surface area contributed by atoms with Gasteiger partial charge in [0, 0.05) is 5.69 Å². The molecule has 2 N–H and O–H groups in total. The lowest BCUT2D eigenvalue weighted by atomic mass is 10.3. The third-order valence-corrected chi connectivity index (χ3v) is 3.02. The summed E-state index contributed by atoms with van der Waals surface area (Å²) in [5.74, 6) is 0. The normalized spacial score (nSPS) is 10.9. The van der Waals surface area contributed by atoms with E-state index in [-0.39, 0.29) is 11.3 Å². The molecule has 19 heavy (non-hydrogen) atoms. The van der Waals surface area contributed by atoms with Crippen LogP contribution in [0.1, 0.15) is 13.8 Å². The fraction of sp³-hybridized carbons (Fsp3) is 0.357. The van der Waals surface area contributed by atoms with E-state index in [9.17, 15) is 10.0 Å². The van der Waals surface area contributed by atoms with Crippen LogP contribution in [0.3, 0.4) is 0 Å². The number of para-hydroxylation sites is 1. The minimum absolute atomic E-state index is 0.0170. The van der Waals surface area contributed by atoms with Crippen molar-refractivity contribution in [1.82, 2.24) is 0 Å². The summed E-state index contributed by atoms with van der Waals surface area (Å²) in [7, 11) is 0. The zero-order valence-corrected chi connectivity index (χ0v) is 11.4. The van der Waals surface area contributed by atoms with Gasteiger partial charge in [-0.15, -0.1) is 0 Å². The number of ether oxygens (including phenoxy) is 1. The van der Waals surface area contributed by atoms with Crippen LogP contribution in [0.2, 0.25) is 0 Å². The summed E-state index contributed by atoms with van der Waals surface area (Å²) in [5.41, 5.74) is 1.11. The highest BCUT2D eigenvalue weighted by molar-refractivity contribution is 5.84. The Labute approximate surface area is 113 Å². The number of benzene rings is 1. The number of quaternary nitrogens is 1. The van der Waals surface area contributed by atoms with Crippen molar-refractivity contribution in [3.05, 3.63) is 42.6 Å². The first-order valence-electron chi connectivity index (χ1n) is 6.28. The van der Waals surface area contributed by atoms with Gasteiger partial charge in [-0.3, -0.25) is 5.32 Å². The molecular weight excluding hydrogens is 244 g/mol. The highest BCUT2D eigenvalue weighted by Gasteiger charge is 2.26. The number of anilines is 1. The Kier molecular flexibility index (Phi) is 5.54. The van der Waals surface area contributed by atoms with Crippen LogP contribution in [0, 0.1) is 0 Å². The largest absolute Gasteiger partial charge is 0.439 e. The lowest BCUT2D eigenvalue weighted by Gasteiger charge is -2.28. The molecule has 0 saturated heterocycles. The van der Waals surface area contributed by atoms with Gasteiger partial charge in [-0.05, 0) is 32.6 Å². The topological polar surface area (TPSA) is 58.6 Å². The highest BCUT2D eigenvalue weighted by atomic mass is 16.6. The molecule has 0 aliphatic rings. The van der Waals surface area contributed by atoms with Crippen molar-refractivity contribution in [2.45, 2.75) is 13.8 Å². The first-order valence-corrected chi connectivity index (χ1v) is 6.28. The fourth-order valence-electron chi connectivity index (χ4n) is 1.62. The predicted octanol–water partition coefficient (Wildman–Crippen LogP) is 2.99. The number of nitrogens with zero attached hydrogens (tertiary/aromatic N) is 1. The van der Waals surface area contributed by atoms with Crippen molar-refractivity contribution < 1.29 is 19.4 Å². The molecule has 0 heterocycles. The predicted molar refractivity (Wildman–Crippen MR) is 73.7 cm³/mol. The van der Waals surface area contributed by atoms with Gasteiger partial charge in [-0.2, -0.15) is 4.65 Å². The van der Waals surface area contributed by atoms with Crippen LogP contribution in [-0.4, -0.2) is 35.6 Å². The molecule has 5 heteroatoms. The maximum Gasteiger partial charge on any atom is 0.412 e. The second-order valence-corrected chi connectivity index (χ2v) is 4.19. The summed E-state index contributed by atoms with van der Waals surface area (Å²) in [6.45, 7) is 8.41. The Morgan fingerprint density at radius 3 is 2.42 bits per heavy atom. The molecule has 104 valence electrons. The van der Waals surface area contributed by atoms with Crippen molar-refractivity contribution in [1.29, 1.82) is 0 Å². The fourth-order valence-corrected chi connectivity index (χ4v) is 1.62. The monoisotopic (exact) mass is 265 g/mol. The molecule has 1 aromatic rings. The number of carbonyl (C=O) groups is 1. The van der Waals surface area contributed by atoms with Gasteiger partial charge < -0.3 is 4.74 Å². The molecule has 0 aliphatic heterocycles. The molecule has 0 bridgehead atoms. The number of rotatable bonds is 6. The Morgan fingerprint density at radius 1 is 1.32 bits per heavy atom. The van der Waals surface area contributed by atoms with Crippen LogP contribution >= 0.6 is 0 Å². The van der Waals surface area contributed by atoms with Crippen LogP contribution in [-0.2, 0) is 4.74 Å². The second-order valence-electron chi connectivity index (χ2n) is 4.19. The maximum absolute atomic E-state index is 11.6. The van der Waals surface area contributed by atoms with Crippen LogP contribution < -0.4 is 5.32 Å². The van der Waals surface area contributed by atoms with E-state index in [0.717, 1.165) is 0 Å². The molecule has 0 aromatic heterocycles. The molecule has 0 aliphatic carbocycles. The van der Waals surface area contributed by atoms with Crippen molar-refractivity contribution in [3.8, 4) is 0 Å². The summed E-state index contributed by atoms with van der Waals surface area (Å²) in [6.07, 6.45) is -0.564. The van der Waals surface area contributed by atoms with Gasteiger partial charge in [0.05, 0.1) is 0 Å². The Morgan fingerprint density at radius 2 is 1.89 bits per heavy atom. The first kappa shape index (κ1) is 15.2. The second kappa shape index (κ2) is 6.92. The minimum Gasteiger partial charge on any atom is -0.439 e. The number of likely N-dealkylation sites (N-methyl/N-ethyl adjacent to an activating group) is 1. The molecule has 0 radical (unpaired) electrons. The van der Waals surface area contributed by atoms with E-state index in [1.165, 1.54) is 0 Å². The molecule has 1 amide bonds. The Balaban J connectivity index is 2.45. The van der Waals surface area contributed by atoms with E-state index in [0.29, 0.717) is 24.5 Å². The quantitative estimate of drug-likeness (QED) is 0.614. The van der Waals surface area contributed by atoms with Crippen molar-refractivity contribution >= 4 is 11.8 Å². The molecular formula is C14H21N2O3+. The molecule has 0 fully saturated rings. The van der Waals surface area contributed by atoms with E-state index >= 15 is 0 Å². The summed E-state index contributed by atoms with van der Waals surface area (Å²) in [4.78, 5) is 11.6. The number of hydroxylamine groups is 3. The third kappa shape index (κ3) is 4.39. The number of hydrogen-bond donors (Lipinski definition) is 2. The standard InChI is InChI=1S/C14H20N2O3/c1-4-16(18,5-2)12(3)11-19-14(17)15-13-9-7-6-8-10-13/h6-10,18H,3-5,11H2,1-2H3/p+1. The van der Waals surface area contributed by atoms with Crippen LogP contribution in [0.25, 0.3) is 0 Å². The van der Waals surface area contributed by atoms with Crippen molar-refractivity contribution in [3.63, 3.8) is 0 Å². The first-order chi connectivity index (χ1) is 9.01. The lowest BCUT2D eigenvalue weighted by Crippen LogP contribution is -2.44. The van der Waals surface area contributed by atoms with Gasteiger partial charge in [0.15, 0.2) is 12.3 Å². The molecule has 0 atom stereocenters. The summed E-state index contributed by atoms with van der Waals surface area (Å²) in [6, 6.07) is 9.02. The maximum atomic E-state index is 11.6. The third-order valence-electron chi connectivity index (χ3n) is 3.02. The zero-order chi connectivity index (χ0) is 14.3. The average Bonchev–Trinajstić information content (AvgIpc) is 2.45. The smallest absolute Gasteiger partial charge is 0.412 e. The number of carbonyl (C=O) groups excluding carboxylic acids is 1. The van der Waals surface area contributed by atoms with Crippen LogP contribution in [0.4, 0.5) is 10.5 Å². The van der Waals surface area contributed by atoms with Gasteiger partial charge >= 0.3 is 6.09 Å². The van der Waals surface area contributed by atoms with E-state index < -0.39 is 6.09 Å². The average molecular weight is 265 g/mol. The Hall–Kier alpha value is -1.85. The van der Waals surface area contributed by atoms with Gasteiger partial charge in [0.2, 0.25) is 0 Å². The SMILES string of the molecule is C=C(COC(=O)Nc1ccccc1)[N+](O)(CC)CC.